The van der Waals surface area contributed by atoms with Gasteiger partial charge in [0, 0.05) is 0 Å². The standard InChI is InChI=1S/CH3BN2O2/c2-6-1(5)4-3/h3H2,(H,4,5). The minimum absolute atomic E-state index is 0.852. The van der Waals surface area contributed by atoms with E-state index in [9.17, 15) is 4.79 Å². The van der Waals surface area contributed by atoms with Crippen LogP contribution in [0.4, 0.5) is 4.79 Å². The third-order valence-electron chi connectivity index (χ3n) is 0.225. The number of carbonyl (C=O) groups is 1. The summed E-state index contributed by atoms with van der Waals surface area (Å²) in [6.07, 6.45) is -0.852. The molecule has 0 heterocycles. The summed E-state index contributed by atoms with van der Waals surface area (Å²) in [4.78, 5) is 9.60. The largest absolute Gasteiger partial charge is 0.527 e. The van der Waals surface area contributed by atoms with Crippen LogP contribution in [-0.4, -0.2) is 14.1 Å². The van der Waals surface area contributed by atoms with Crippen LogP contribution >= 0.6 is 0 Å². The van der Waals surface area contributed by atoms with Gasteiger partial charge < -0.3 is 4.65 Å². The van der Waals surface area contributed by atoms with Crippen molar-refractivity contribution < 1.29 is 9.45 Å². The first kappa shape index (κ1) is 5.29. The first-order chi connectivity index (χ1) is 2.81. The van der Waals surface area contributed by atoms with Gasteiger partial charge in [-0.05, 0) is 0 Å². The first-order valence-corrected chi connectivity index (χ1v) is 1.18. The highest BCUT2D eigenvalue weighted by atomic mass is 16.5. The Kier molecular flexibility index (Phi) is 2.23. The molecule has 0 aliphatic carbocycles. The van der Waals surface area contributed by atoms with E-state index in [0.717, 1.165) is 0 Å². The van der Waals surface area contributed by atoms with E-state index in [-0.39, 0.29) is 0 Å². The molecule has 0 aliphatic rings. The van der Waals surface area contributed by atoms with Crippen LogP contribution in [0.25, 0.3) is 0 Å². The maximum absolute atomic E-state index is 9.60. The Morgan fingerprint density at radius 3 is 2.50 bits per heavy atom. The molecule has 0 saturated carbocycles. The van der Waals surface area contributed by atoms with E-state index < -0.39 is 6.09 Å². The van der Waals surface area contributed by atoms with Gasteiger partial charge in [-0.15, -0.1) is 0 Å². The molecule has 0 bridgehead atoms. The summed E-state index contributed by atoms with van der Waals surface area (Å²) in [7, 11) is 4.29. The second kappa shape index (κ2) is 2.53. The van der Waals surface area contributed by atoms with E-state index in [1.54, 1.807) is 5.43 Å². The van der Waals surface area contributed by atoms with Crippen LogP contribution in [-0.2, 0) is 4.65 Å². The molecule has 0 aromatic rings. The van der Waals surface area contributed by atoms with Crippen LogP contribution in [0.1, 0.15) is 0 Å². The number of hydrogen-bond acceptors (Lipinski definition) is 3. The van der Waals surface area contributed by atoms with Crippen molar-refractivity contribution in [1.29, 1.82) is 0 Å². The van der Waals surface area contributed by atoms with Gasteiger partial charge in [-0.1, -0.05) is 0 Å². The highest BCUT2D eigenvalue weighted by molar-refractivity contribution is 6.04. The lowest BCUT2D eigenvalue weighted by molar-refractivity contribution is 0.205. The molecule has 2 radical (unpaired) electrons. The Morgan fingerprint density at radius 2 is 2.50 bits per heavy atom. The molecule has 0 rings (SSSR count). The molecule has 0 aromatic heterocycles. The molecular weight excluding hydrogens is 82.8 g/mol. The Bertz CT molecular complexity index is 49.5. The average Bonchev–Trinajstić information content (AvgIpc) is 1.65. The van der Waals surface area contributed by atoms with Crippen molar-refractivity contribution in [3.63, 3.8) is 0 Å². The molecule has 0 unspecified atom stereocenters. The van der Waals surface area contributed by atoms with Crippen molar-refractivity contribution >= 4 is 14.1 Å². The van der Waals surface area contributed by atoms with Gasteiger partial charge in [0.25, 0.3) is 0 Å². The van der Waals surface area contributed by atoms with E-state index in [0.29, 0.717) is 0 Å². The van der Waals surface area contributed by atoms with E-state index in [4.69, 9.17) is 0 Å². The highest BCUT2D eigenvalue weighted by Gasteiger charge is 1.85. The van der Waals surface area contributed by atoms with E-state index in [1.807, 2.05) is 0 Å². The predicted molar refractivity (Wildman–Crippen MR) is 19.6 cm³/mol. The fourth-order valence-electron chi connectivity index (χ4n) is 0.0340. The zero-order chi connectivity index (χ0) is 4.99. The lowest BCUT2D eigenvalue weighted by Gasteiger charge is -1.91. The monoisotopic (exact) mass is 86.0 g/mol. The SMILES string of the molecule is [B]OC(=O)NN. The molecule has 3 N–H and O–H groups in total. The first-order valence-electron chi connectivity index (χ1n) is 1.18. The van der Waals surface area contributed by atoms with Gasteiger partial charge in [0.2, 0.25) is 0 Å². The van der Waals surface area contributed by atoms with Crippen LogP contribution in [0.5, 0.6) is 0 Å². The summed E-state index contributed by atoms with van der Waals surface area (Å²) in [6, 6.07) is 0. The summed E-state index contributed by atoms with van der Waals surface area (Å²) in [5.41, 5.74) is 1.63. The van der Waals surface area contributed by atoms with E-state index in [2.05, 4.69) is 18.5 Å². The topological polar surface area (TPSA) is 64.3 Å². The summed E-state index contributed by atoms with van der Waals surface area (Å²) < 4.78 is 3.52. The molecular formula is CH3BN2O2. The number of carbonyl (C=O) groups excluding carboxylic acids is 1. The maximum atomic E-state index is 9.60. The van der Waals surface area contributed by atoms with Gasteiger partial charge in [0.15, 0.2) is 0 Å². The van der Waals surface area contributed by atoms with Crippen LogP contribution in [0.15, 0.2) is 0 Å². The molecule has 5 heteroatoms. The fourth-order valence-corrected chi connectivity index (χ4v) is 0.0340. The zero-order valence-electron chi connectivity index (χ0n) is 2.97. The number of hydrogen-bond donors (Lipinski definition) is 2. The smallest absolute Gasteiger partial charge is 0.402 e. The van der Waals surface area contributed by atoms with Crippen molar-refractivity contribution in [3.8, 4) is 0 Å². The molecule has 0 saturated heterocycles. The summed E-state index contributed by atoms with van der Waals surface area (Å²) in [6.45, 7) is 0. The number of nitrogens with two attached hydrogens (primary N) is 1. The van der Waals surface area contributed by atoms with E-state index >= 15 is 0 Å². The van der Waals surface area contributed by atoms with Gasteiger partial charge in [0.1, 0.15) is 0 Å². The summed E-state index contributed by atoms with van der Waals surface area (Å²) >= 11 is 0. The Labute approximate surface area is 36.1 Å². The molecule has 32 valence electrons. The van der Waals surface area contributed by atoms with Crippen LogP contribution in [0, 0.1) is 0 Å². The van der Waals surface area contributed by atoms with Crippen molar-refractivity contribution in [2.75, 3.05) is 0 Å². The van der Waals surface area contributed by atoms with Crippen LogP contribution in [0.3, 0.4) is 0 Å². The Balaban J connectivity index is 2.99. The number of nitrogens with one attached hydrogen (secondary N) is 1. The van der Waals surface area contributed by atoms with Gasteiger partial charge >= 0.3 is 14.1 Å². The van der Waals surface area contributed by atoms with Gasteiger partial charge in [-0.25, -0.2) is 10.6 Å². The third kappa shape index (κ3) is 1.60. The van der Waals surface area contributed by atoms with Crippen LogP contribution < -0.4 is 11.3 Å². The Morgan fingerprint density at radius 1 is 2.00 bits per heavy atom. The minimum atomic E-state index is -0.852. The Hall–Kier alpha value is -0.705. The molecule has 0 fully saturated rings. The normalized spacial score (nSPS) is 6.83. The van der Waals surface area contributed by atoms with Crippen LogP contribution in [0.2, 0.25) is 0 Å². The van der Waals surface area contributed by atoms with Crippen molar-refractivity contribution in [2.45, 2.75) is 0 Å². The van der Waals surface area contributed by atoms with Gasteiger partial charge in [0.05, 0.1) is 0 Å². The molecule has 0 atom stereocenters. The van der Waals surface area contributed by atoms with Crippen molar-refractivity contribution in [1.82, 2.24) is 5.43 Å². The molecule has 0 aliphatic heterocycles. The number of hydrazine groups is 1. The van der Waals surface area contributed by atoms with Crippen molar-refractivity contribution in [2.24, 2.45) is 5.84 Å². The molecule has 1 amide bonds. The molecule has 6 heavy (non-hydrogen) atoms. The highest BCUT2D eigenvalue weighted by Crippen LogP contribution is 1.58. The molecule has 4 nitrogen and oxygen atoms in total. The second-order valence-corrected chi connectivity index (χ2v) is 0.550. The number of amides is 1. The van der Waals surface area contributed by atoms with Crippen molar-refractivity contribution in [3.05, 3.63) is 0 Å². The summed E-state index contributed by atoms with van der Waals surface area (Å²) in [5.74, 6) is 4.48. The quantitative estimate of drug-likeness (QED) is 0.166. The molecule has 0 aromatic carbocycles. The average molecular weight is 85.9 g/mol. The number of rotatable bonds is 0. The van der Waals surface area contributed by atoms with Gasteiger partial charge in [-0.3, -0.25) is 5.43 Å². The molecule has 0 spiro atoms. The van der Waals surface area contributed by atoms with E-state index in [1.165, 1.54) is 0 Å². The third-order valence-corrected chi connectivity index (χ3v) is 0.225. The second-order valence-electron chi connectivity index (χ2n) is 0.550. The lowest BCUT2D eigenvalue weighted by Crippen LogP contribution is -2.29. The lowest BCUT2D eigenvalue weighted by atomic mass is 10.6. The summed E-state index contributed by atoms with van der Waals surface area (Å²) in [5, 5.41) is 0. The predicted octanol–water partition coefficient (Wildman–Crippen LogP) is -1.33. The maximum Gasteiger partial charge on any atom is 0.402 e. The zero-order valence-corrected chi connectivity index (χ0v) is 2.97. The van der Waals surface area contributed by atoms with Gasteiger partial charge in [-0.2, -0.15) is 0 Å². The minimum Gasteiger partial charge on any atom is -0.527 e. The fraction of sp³-hybridized carbons (Fsp3) is 0.